The highest BCUT2D eigenvalue weighted by molar-refractivity contribution is 5.37. The van der Waals surface area contributed by atoms with Gasteiger partial charge in [-0.3, -0.25) is 4.98 Å². The van der Waals surface area contributed by atoms with Crippen molar-refractivity contribution in [2.45, 2.75) is 18.6 Å². The van der Waals surface area contributed by atoms with E-state index in [4.69, 9.17) is 14.7 Å². The summed E-state index contributed by atoms with van der Waals surface area (Å²) in [6.07, 6.45) is 0.995. The molecule has 2 aromatic carbocycles. The van der Waals surface area contributed by atoms with E-state index in [-0.39, 0.29) is 12.4 Å². The molecule has 3 rings (SSSR count). The van der Waals surface area contributed by atoms with Crippen LogP contribution in [0.1, 0.15) is 23.7 Å². The fourth-order valence-electron chi connectivity index (χ4n) is 2.84. The van der Waals surface area contributed by atoms with E-state index in [1.807, 2.05) is 6.07 Å². The molecule has 1 heterocycles. The molecule has 0 bridgehead atoms. The van der Waals surface area contributed by atoms with Crippen LogP contribution in [-0.2, 0) is 16.4 Å². The van der Waals surface area contributed by atoms with Crippen LogP contribution in [0, 0.1) is 23.0 Å². The van der Waals surface area contributed by atoms with E-state index in [1.54, 1.807) is 0 Å². The molecule has 0 aliphatic carbocycles. The number of aromatic nitrogens is 1. The summed E-state index contributed by atoms with van der Waals surface area (Å²) in [5.74, 6) is -9.56. The molecular formula is C22H16F4N2O3. The summed E-state index contributed by atoms with van der Waals surface area (Å²) >= 11 is 0. The van der Waals surface area contributed by atoms with Gasteiger partial charge in [-0.2, -0.15) is 14.0 Å². The minimum absolute atomic E-state index is 0.108. The SMILES string of the molecule is CCOC(O)(c1ccc(F)cc1F)C(F)(F)c1ccc(Oc2ccc(C#N)cc2)cn1. The van der Waals surface area contributed by atoms with Crippen LogP contribution in [0.5, 0.6) is 11.5 Å². The minimum Gasteiger partial charge on any atom is -0.456 e. The van der Waals surface area contributed by atoms with E-state index in [9.17, 15) is 13.9 Å². The number of aliphatic hydroxyl groups is 1. The first-order valence-electron chi connectivity index (χ1n) is 9.05. The second kappa shape index (κ2) is 8.71. The number of hydrogen-bond acceptors (Lipinski definition) is 5. The average molecular weight is 432 g/mol. The van der Waals surface area contributed by atoms with Gasteiger partial charge in [0, 0.05) is 12.7 Å². The first-order chi connectivity index (χ1) is 14.7. The molecule has 9 heteroatoms. The number of nitriles is 1. The van der Waals surface area contributed by atoms with Crippen molar-refractivity contribution in [1.29, 1.82) is 5.26 Å². The number of ether oxygens (including phenoxy) is 2. The van der Waals surface area contributed by atoms with E-state index >= 15 is 8.78 Å². The molecule has 31 heavy (non-hydrogen) atoms. The van der Waals surface area contributed by atoms with Crippen molar-refractivity contribution in [2.75, 3.05) is 6.61 Å². The van der Waals surface area contributed by atoms with Gasteiger partial charge in [0.15, 0.2) is 0 Å². The first kappa shape index (κ1) is 22.2. The Bertz CT molecular complexity index is 1100. The van der Waals surface area contributed by atoms with E-state index in [2.05, 4.69) is 4.98 Å². The summed E-state index contributed by atoms with van der Waals surface area (Å²) in [4.78, 5) is 3.64. The largest absolute Gasteiger partial charge is 0.456 e. The maximum Gasteiger partial charge on any atom is 0.346 e. The fraction of sp³-hybridized carbons (Fsp3) is 0.182. The zero-order valence-electron chi connectivity index (χ0n) is 16.2. The smallest absolute Gasteiger partial charge is 0.346 e. The Hall–Kier alpha value is -3.48. The molecule has 0 aliphatic rings. The van der Waals surface area contributed by atoms with Gasteiger partial charge in [0.1, 0.15) is 28.8 Å². The Kier molecular flexibility index (Phi) is 6.24. The van der Waals surface area contributed by atoms with Gasteiger partial charge in [-0.15, -0.1) is 0 Å². The van der Waals surface area contributed by atoms with Gasteiger partial charge < -0.3 is 14.6 Å². The topological polar surface area (TPSA) is 75.4 Å². The van der Waals surface area contributed by atoms with Crippen LogP contribution < -0.4 is 4.74 Å². The van der Waals surface area contributed by atoms with Gasteiger partial charge in [0.25, 0.3) is 5.79 Å². The standard InChI is InChI=1S/C22H16F4N2O3/c1-2-30-22(29,18-9-5-15(23)11-19(18)24)21(25,26)20-10-8-17(13-28-20)31-16-6-3-14(12-27)4-7-16/h3-11,13,29H,2H2,1H3. The molecular weight excluding hydrogens is 416 g/mol. The summed E-state index contributed by atoms with van der Waals surface area (Å²) in [5, 5.41) is 19.5. The lowest BCUT2D eigenvalue weighted by Gasteiger charge is -2.35. The van der Waals surface area contributed by atoms with E-state index in [0.717, 1.165) is 18.3 Å². The third kappa shape index (κ3) is 4.35. The third-order valence-electron chi connectivity index (χ3n) is 4.35. The van der Waals surface area contributed by atoms with Crippen molar-refractivity contribution in [3.63, 3.8) is 0 Å². The Morgan fingerprint density at radius 1 is 1.03 bits per heavy atom. The van der Waals surface area contributed by atoms with E-state index in [1.165, 1.54) is 37.3 Å². The molecule has 0 aliphatic heterocycles. The van der Waals surface area contributed by atoms with Crippen molar-refractivity contribution in [3.8, 4) is 17.6 Å². The second-order valence-corrected chi connectivity index (χ2v) is 6.39. The summed E-state index contributed by atoms with van der Waals surface area (Å²) in [7, 11) is 0. The predicted molar refractivity (Wildman–Crippen MR) is 101 cm³/mol. The molecule has 1 N–H and O–H groups in total. The molecule has 1 unspecified atom stereocenters. The van der Waals surface area contributed by atoms with Crippen molar-refractivity contribution < 1.29 is 32.1 Å². The van der Waals surface area contributed by atoms with Gasteiger partial charge in [-0.25, -0.2) is 8.78 Å². The van der Waals surface area contributed by atoms with Crippen LogP contribution in [0.4, 0.5) is 17.6 Å². The maximum absolute atomic E-state index is 15.2. The Morgan fingerprint density at radius 2 is 1.71 bits per heavy atom. The van der Waals surface area contributed by atoms with Crippen molar-refractivity contribution in [2.24, 2.45) is 0 Å². The number of benzene rings is 2. The number of hydrogen-bond donors (Lipinski definition) is 1. The molecule has 1 aromatic heterocycles. The quantitative estimate of drug-likeness (QED) is 0.420. The number of alkyl halides is 2. The van der Waals surface area contributed by atoms with Gasteiger partial charge in [-0.1, -0.05) is 0 Å². The van der Waals surface area contributed by atoms with Crippen LogP contribution >= 0.6 is 0 Å². The molecule has 0 radical (unpaired) electrons. The molecule has 1 atom stereocenters. The summed E-state index contributed by atoms with van der Waals surface area (Å²) in [6, 6.07) is 11.9. The summed E-state index contributed by atoms with van der Waals surface area (Å²) in [5.41, 5.74) is -1.43. The number of pyridine rings is 1. The molecule has 0 saturated heterocycles. The maximum atomic E-state index is 15.2. The molecule has 5 nitrogen and oxygen atoms in total. The third-order valence-corrected chi connectivity index (χ3v) is 4.35. The Balaban J connectivity index is 1.92. The number of nitrogens with zero attached hydrogens (tertiary/aromatic N) is 2. The molecule has 3 aromatic rings. The Labute approximate surface area is 175 Å². The highest BCUT2D eigenvalue weighted by Gasteiger charge is 2.59. The summed E-state index contributed by atoms with van der Waals surface area (Å²) in [6.45, 7) is 0.952. The predicted octanol–water partition coefficient (Wildman–Crippen LogP) is 5.00. The second-order valence-electron chi connectivity index (χ2n) is 6.39. The monoisotopic (exact) mass is 432 g/mol. The normalized spacial score (nSPS) is 13.3. The van der Waals surface area contributed by atoms with Crippen molar-refractivity contribution >= 4 is 0 Å². The van der Waals surface area contributed by atoms with Gasteiger partial charge >= 0.3 is 5.92 Å². The number of halogens is 4. The lowest BCUT2D eigenvalue weighted by molar-refractivity contribution is -0.336. The highest BCUT2D eigenvalue weighted by atomic mass is 19.3. The average Bonchev–Trinajstić information content (AvgIpc) is 2.74. The Morgan fingerprint density at radius 3 is 2.26 bits per heavy atom. The van der Waals surface area contributed by atoms with Crippen LogP contribution in [-0.4, -0.2) is 16.7 Å². The van der Waals surface area contributed by atoms with Crippen molar-refractivity contribution in [1.82, 2.24) is 4.98 Å². The molecule has 0 fully saturated rings. The van der Waals surface area contributed by atoms with Gasteiger partial charge in [-0.05, 0) is 55.5 Å². The van der Waals surface area contributed by atoms with E-state index in [0.29, 0.717) is 23.4 Å². The van der Waals surface area contributed by atoms with Crippen LogP contribution in [0.25, 0.3) is 0 Å². The molecule has 0 amide bonds. The van der Waals surface area contributed by atoms with Crippen LogP contribution in [0.3, 0.4) is 0 Å². The lowest BCUT2D eigenvalue weighted by atomic mass is 9.95. The molecule has 0 spiro atoms. The van der Waals surface area contributed by atoms with Crippen molar-refractivity contribution in [3.05, 3.63) is 89.2 Å². The van der Waals surface area contributed by atoms with Gasteiger partial charge in [0.05, 0.1) is 23.4 Å². The van der Waals surface area contributed by atoms with Crippen LogP contribution in [0.15, 0.2) is 60.8 Å². The number of rotatable bonds is 7. The summed E-state index contributed by atoms with van der Waals surface area (Å²) < 4.78 is 68.2. The minimum atomic E-state index is -4.20. The van der Waals surface area contributed by atoms with Gasteiger partial charge in [0.2, 0.25) is 0 Å². The van der Waals surface area contributed by atoms with Crippen LogP contribution in [0.2, 0.25) is 0 Å². The highest BCUT2D eigenvalue weighted by Crippen LogP contribution is 2.46. The lowest BCUT2D eigenvalue weighted by Crippen LogP contribution is -2.47. The zero-order valence-corrected chi connectivity index (χ0v) is 16.2. The molecule has 160 valence electrons. The zero-order chi connectivity index (χ0) is 22.6. The first-order valence-corrected chi connectivity index (χ1v) is 9.05. The fourth-order valence-corrected chi connectivity index (χ4v) is 2.84. The molecule has 0 saturated carbocycles. The van der Waals surface area contributed by atoms with E-state index < -0.39 is 34.6 Å².